The fraction of sp³-hybridized carbons (Fsp3) is 0.0625. The highest BCUT2D eigenvalue weighted by Crippen LogP contribution is 2.22. The van der Waals surface area contributed by atoms with Crippen LogP contribution in [0, 0.1) is 11.6 Å². The Labute approximate surface area is 120 Å². The summed E-state index contributed by atoms with van der Waals surface area (Å²) in [7, 11) is 0. The van der Waals surface area contributed by atoms with E-state index in [0.29, 0.717) is 23.6 Å². The molecular weight excluding hydrogens is 272 g/mol. The maximum atomic E-state index is 13.3. The molecule has 2 aromatic carbocycles. The monoisotopic (exact) mass is 285 g/mol. The topological polar surface area (TPSA) is 43.8 Å². The summed E-state index contributed by atoms with van der Waals surface area (Å²) < 4.78 is 28.5. The van der Waals surface area contributed by atoms with Gasteiger partial charge in [-0.15, -0.1) is 0 Å². The summed E-state index contributed by atoms with van der Waals surface area (Å²) >= 11 is 0. The average Bonchev–Trinajstić information content (AvgIpc) is 2.88. The first kappa shape index (κ1) is 13.3. The Balaban J connectivity index is 1.99. The van der Waals surface area contributed by atoms with Gasteiger partial charge in [-0.05, 0) is 23.8 Å². The fourth-order valence-corrected chi connectivity index (χ4v) is 2.24. The van der Waals surface area contributed by atoms with Crippen molar-refractivity contribution in [3.05, 3.63) is 72.1 Å². The molecule has 1 aromatic heterocycles. The van der Waals surface area contributed by atoms with Crippen molar-refractivity contribution in [1.82, 2.24) is 9.55 Å². The van der Waals surface area contributed by atoms with Crippen molar-refractivity contribution in [3.63, 3.8) is 0 Å². The predicted octanol–water partition coefficient (Wildman–Crippen LogP) is 3.46. The maximum absolute atomic E-state index is 13.3. The van der Waals surface area contributed by atoms with Crippen molar-refractivity contribution in [2.75, 3.05) is 5.73 Å². The molecule has 2 N–H and O–H groups in total. The third-order valence-electron chi connectivity index (χ3n) is 3.23. The summed E-state index contributed by atoms with van der Waals surface area (Å²) in [5.74, 6) is -0.755. The zero-order chi connectivity index (χ0) is 14.8. The van der Waals surface area contributed by atoms with Gasteiger partial charge in [0.2, 0.25) is 0 Å². The summed E-state index contributed by atoms with van der Waals surface area (Å²) in [6, 6.07) is 10.8. The third kappa shape index (κ3) is 2.76. The normalized spacial score (nSPS) is 10.8. The van der Waals surface area contributed by atoms with Gasteiger partial charge in [-0.25, -0.2) is 13.8 Å². The van der Waals surface area contributed by atoms with E-state index in [1.807, 2.05) is 24.3 Å². The van der Waals surface area contributed by atoms with Gasteiger partial charge in [0, 0.05) is 29.7 Å². The number of halogens is 2. The highest BCUT2D eigenvalue weighted by Gasteiger charge is 2.10. The highest BCUT2D eigenvalue weighted by atomic mass is 19.1. The predicted molar refractivity (Wildman–Crippen MR) is 77.5 cm³/mol. The van der Waals surface area contributed by atoms with Crippen LogP contribution in [0.5, 0.6) is 0 Å². The Hall–Kier alpha value is -2.69. The first-order valence-corrected chi connectivity index (χ1v) is 6.44. The van der Waals surface area contributed by atoms with Crippen LogP contribution in [0.15, 0.2) is 54.9 Å². The van der Waals surface area contributed by atoms with Gasteiger partial charge in [0.25, 0.3) is 0 Å². The molecule has 0 spiro atoms. The molecule has 0 amide bonds. The van der Waals surface area contributed by atoms with Crippen molar-refractivity contribution in [1.29, 1.82) is 0 Å². The SMILES string of the molecule is Nc1ccccc1Cn1ccnc1-c1cc(F)cc(F)c1. The van der Waals surface area contributed by atoms with Gasteiger partial charge in [0.1, 0.15) is 17.5 Å². The number of hydrogen-bond donors (Lipinski definition) is 1. The standard InChI is InChI=1S/C16H13F2N3/c17-13-7-12(8-14(18)9-13)16-20-5-6-21(16)10-11-3-1-2-4-15(11)19/h1-9H,10,19H2. The van der Waals surface area contributed by atoms with Crippen molar-refractivity contribution in [2.45, 2.75) is 6.54 Å². The van der Waals surface area contributed by atoms with Crippen molar-refractivity contribution < 1.29 is 8.78 Å². The van der Waals surface area contributed by atoms with E-state index in [0.717, 1.165) is 11.6 Å². The molecule has 3 rings (SSSR count). The third-order valence-corrected chi connectivity index (χ3v) is 3.23. The number of hydrogen-bond acceptors (Lipinski definition) is 2. The van der Waals surface area contributed by atoms with Crippen LogP contribution in [-0.4, -0.2) is 9.55 Å². The van der Waals surface area contributed by atoms with E-state index < -0.39 is 11.6 Å². The molecule has 0 radical (unpaired) electrons. The first-order valence-electron chi connectivity index (χ1n) is 6.44. The lowest BCUT2D eigenvalue weighted by atomic mass is 10.1. The van der Waals surface area contributed by atoms with Crippen LogP contribution < -0.4 is 5.73 Å². The van der Waals surface area contributed by atoms with Gasteiger partial charge in [-0.1, -0.05) is 18.2 Å². The van der Waals surface area contributed by atoms with Crippen LogP contribution >= 0.6 is 0 Å². The second-order valence-electron chi connectivity index (χ2n) is 4.74. The van der Waals surface area contributed by atoms with Crippen LogP contribution in [0.25, 0.3) is 11.4 Å². The number of imidazole rings is 1. The van der Waals surface area contributed by atoms with Crippen LogP contribution in [0.3, 0.4) is 0 Å². The van der Waals surface area contributed by atoms with E-state index in [-0.39, 0.29) is 0 Å². The zero-order valence-corrected chi connectivity index (χ0v) is 11.1. The molecule has 5 heteroatoms. The lowest BCUT2D eigenvalue weighted by Gasteiger charge is -2.10. The van der Waals surface area contributed by atoms with Gasteiger partial charge >= 0.3 is 0 Å². The minimum absolute atomic E-state index is 0.395. The number of rotatable bonds is 3. The number of benzene rings is 2. The quantitative estimate of drug-likeness (QED) is 0.749. The van der Waals surface area contributed by atoms with E-state index in [4.69, 9.17) is 5.73 Å². The zero-order valence-electron chi connectivity index (χ0n) is 11.1. The maximum Gasteiger partial charge on any atom is 0.140 e. The second kappa shape index (κ2) is 5.36. The molecule has 106 valence electrons. The van der Waals surface area contributed by atoms with Gasteiger partial charge in [-0.2, -0.15) is 0 Å². The van der Waals surface area contributed by atoms with Gasteiger partial charge in [0.05, 0.1) is 6.54 Å². The van der Waals surface area contributed by atoms with Crippen molar-refractivity contribution in [3.8, 4) is 11.4 Å². The van der Waals surface area contributed by atoms with E-state index in [2.05, 4.69) is 4.98 Å². The minimum atomic E-state index is -0.626. The molecule has 0 saturated heterocycles. The molecule has 0 atom stereocenters. The molecule has 1 heterocycles. The molecule has 21 heavy (non-hydrogen) atoms. The summed E-state index contributed by atoms with van der Waals surface area (Å²) in [5, 5.41) is 0. The Morgan fingerprint density at radius 3 is 2.48 bits per heavy atom. The Bertz CT molecular complexity index is 760. The molecule has 0 bridgehead atoms. The number of aromatic nitrogens is 2. The number of nitrogens with zero attached hydrogens (tertiary/aromatic N) is 2. The van der Waals surface area contributed by atoms with Crippen LogP contribution in [0.1, 0.15) is 5.56 Å². The Morgan fingerprint density at radius 2 is 1.76 bits per heavy atom. The Kier molecular flexibility index (Phi) is 3.39. The lowest BCUT2D eigenvalue weighted by molar-refractivity contribution is 0.583. The van der Waals surface area contributed by atoms with E-state index >= 15 is 0 Å². The molecular formula is C16H13F2N3. The van der Waals surface area contributed by atoms with Gasteiger partial charge < -0.3 is 10.3 Å². The molecule has 3 nitrogen and oxygen atoms in total. The molecule has 0 aliphatic heterocycles. The van der Waals surface area contributed by atoms with E-state index in [1.54, 1.807) is 17.0 Å². The molecule has 0 aliphatic rings. The number of anilines is 1. The van der Waals surface area contributed by atoms with Crippen LogP contribution in [-0.2, 0) is 6.54 Å². The molecule has 3 aromatic rings. The molecule has 0 unspecified atom stereocenters. The molecule has 0 aliphatic carbocycles. The molecule has 0 saturated carbocycles. The average molecular weight is 285 g/mol. The van der Waals surface area contributed by atoms with Crippen LogP contribution in [0.2, 0.25) is 0 Å². The summed E-state index contributed by atoms with van der Waals surface area (Å²) in [6.07, 6.45) is 3.35. The summed E-state index contributed by atoms with van der Waals surface area (Å²) in [4.78, 5) is 4.18. The van der Waals surface area contributed by atoms with Crippen molar-refractivity contribution >= 4 is 5.69 Å². The summed E-state index contributed by atoms with van der Waals surface area (Å²) in [6.45, 7) is 0.486. The number of nitrogens with two attached hydrogens (primary N) is 1. The lowest BCUT2D eigenvalue weighted by Crippen LogP contribution is -2.04. The summed E-state index contributed by atoms with van der Waals surface area (Å²) in [5.41, 5.74) is 7.91. The first-order chi connectivity index (χ1) is 10.1. The smallest absolute Gasteiger partial charge is 0.140 e. The van der Waals surface area contributed by atoms with Gasteiger partial charge in [0.15, 0.2) is 0 Å². The second-order valence-corrected chi connectivity index (χ2v) is 4.74. The Morgan fingerprint density at radius 1 is 1.05 bits per heavy atom. The fourth-order valence-electron chi connectivity index (χ4n) is 2.24. The van der Waals surface area contributed by atoms with E-state index in [9.17, 15) is 8.78 Å². The molecule has 0 fully saturated rings. The van der Waals surface area contributed by atoms with Crippen LogP contribution in [0.4, 0.5) is 14.5 Å². The minimum Gasteiger partial charge on any atom is -0.398 e. The highest BCUT2D eigenvalue weighted by molar-refractivity contribution is 5.56. The number of para-hydroxylation sites is 1. The number of nitrogen functional groups attached to an aromatic ring is 1. The van der Waals surface area contributed by atoms with Gasteiger partial charge in [-0.3, -0.25) is 0 Å². The van der Waals surface area contributed by atoms with E-state index in [1.165, 1.54) is 12.1 Å². The van der Waals surface area contributed by atoms with Crippen molar-refractivity contribution in [2.24, 2.45) is 0 Å². The largest absolute Gasteiger partial charge is 0.398 e.